The number of esters is 1. The fourth-order valence-electron chi connectivity index (χ4n) is 1.24. The number of methoxy groups -OCH3 is 3. The number of rotatable bonds is 3. The van der Waals surface area contributed by atoms with Crippen LogP contribution in [0.4, 0.5) is 0 Å². The van der Waals surface area contributed by atoms with Gasteiger partial charge in [0.25, 0.3) is 0 Å². The maximum Gasteiger partial charge on any atom is 0.341 e. The van der Waals surface area contributed by atoms with E-state index in [2.05, 4.69) is 20.7 Å². The largest absolute Gasteiger partial charge is 0.504 e. The first-order chi connectivity index (χ1) is 7.56. The van der Waals surface area contributed by atoms with Crippen molar-refractivity contribution >= 4 is 21.9 Å². The Bertz CT molecular complexity index is 416. The van der Waals surface area contributed by atoms with Crippen LogP contribution in [0.15, 0.2) is 10.5 Å². The highest BCUT2D eigenvalue weighted by molar-refractivity contribution is 9.10. The van der Waals surface area contributed by atoms with Crippen LogP contribution in [-0.2, 0) is 4.74 Å². The molecule has 0 bridgehead atoms. The molecule has 0 aromatic heterocycles. The first kappa shape index (κ1) is 12.6. The molecule has 1 aromatic carbocycles. The van der Waals surface area contributed by atoms with E-state index in [1.54, 1.807) is 0 Å². The smallest absolute Gasteiger partial charge is 0.341 e. The number of phenolic OH excluding ortho intramolecular Hbond substituents is 1. The van der Waals surface area contributed by atoms with Crippen LogP contribution in [0.5, 0.6) is 17.2 Å². The van der Waals surface area contributed by atoms with Gasteiger partial charge in [0.1, 0.15) is 5.56 Å². The van der Waals surface area contributed by atoms with E-state index in [9.17, 15) is 9.90 Å². The number of carbonyl (C=O) groups excluding carboxylic acids is 1. The summed E-state index contributed by atoms with van der Waals surface area (Å²) in [5.74, 6) is -0.571. The first-order valence-corrected chi connectivity index (χ1v) is 5.07. The molecule has 0 aliphatic carbocycles. The second-order valence-electron chi connectivity index (χ2n) is 2.81. The maximum atomic E-state index is 11.4. The maximum absolute atomic E-state index is 11.4. The van der Waals surface area contributed by atoms with E-state index < -0.39 is 5.97 Å². The average molecular weight is 291 g/mol. The van der Waals surface area contributed by atoms with Gasteiger partial charge in [-0.25, -0.2) is 4.79 Å². The predicted molar refractivity (Wildman–Crippen MR) is 60.3 cm³/mol. The molecule has 0 fully saturated rings. The van der Waals surface area contributed by atoms with Crippen LogP contribution in [0, 0.1) is 0 Å². The third kappa shape index (κ3) is 2.06. The number of ether oxygens (including phenoxy) is 3. The molecule has 1 N–H and O–H groups in total. The molecule has 6 heteroatoms. The fraction of sp³-hybridized carbons (Fsp3) is 0.300. The minimum atomic E-state index is -0.654. The summed E-state index contributed by atoms with van der Waals surface area (Å²) < 4.78 is 15.0. The van der Waals surface area contributed by atoms with Crippen LogP contribution in [-0.4, -0.2) is 32.4 Å². The topological polar surface area (TPSA) is 65.0 Å². The third-order valence-corrected chi connectivity index (χ3v) is 2.57. The quantitative estimate of drug-likeness (QED) is 0.862. The number of benzene rings is 1. The summed E-state index contributed by atoms with van der Waals surface area (Å²) in [7, 11) is 4.03. The summed E-state index contributed by atoms with van der Waals surface area (Å²) in [6.45, 7) is 0. The summed E-state index contributed by atoms with van der Waals surface area (Å²) in [5.41, 5.74) is 0.00650. The second kappa shape index (κ2) is 5.07. The third-order valence-electron chi connectivity index (χ3n) is 1.98. The van der Waals surface area contributed by atoms with Crippen LogP contribution in [0.1, 0.15) is 10.4 Å². The van der Waals surface area contributed by atoms with Gasteiger partial charge in [0.05, 0.1) is 25.8 Å². The van der Waals surface area contributed by atoms with E-state index in [1.165, 1.54) is 27.4 Å². The fourth-order valence-corrected chi connectivity index (χ4v) is 1.81. The number of hydrogen-bond donors (Lipinski definition) is 1. The molecule has 16 heavy (non-hydrogen) atoms. The van der Waals surface area contributed by atoms with Crippen molar-refractivity contribution in [3.8, 4) is 17.2 Å². The molecule has 0 aliphatic heterocycles. The van der Waals surface area contributed by atoms with Crippen molar-refractivity contribution in [1.29, 1.82) is 0 Å². The van der Waals surface area contributed by atoms with Gasteiger partial charge in [-0.3, -0.25) is 0 Å². The zero-order chi connectivity index (χ0) is 12.3. The number of aromatic hydroxyl groups is 1. The normalized spacial score (nSPS) is 9.75. The van der Waals surface area contributed by atoms with E-state index in [0.29, 0.717) is 10.2 Å². The SMILES string of the molecule is COC(=O)c1cc(Br)c(OC)c(OC)c1O. The molecule has 0 unspecified atom stereocenters. The summed E-state index contributed by atoms with van der Waals surface area (Å²) in [5, 5.41) is 9.80. The number of halogens is 1. The van der Waals surface area contributed by atoms with E-state index >= 15 is 0 Å². The predicted octanol–water partition coefficient (Wildman–Crippen LogP) is 1.96. The van der Waals surface area contributed by atoms with Gasteiger partial charge in [-0.05, 0) is 22.0 Å². The number of hydrogen-bond acceptors (Lipinski definition) is 5. The Morgan fingerprint density at radius 3 is 2.25 bits per heavy atom. The Labute approximate surface area is 101 Å². The lowest BCUT2D eigenvalue weighted by Gasteiger charge is -2.13. The van der Waals surface area contributed by atoms with Crippen molar-refractivity contribution in [2.75, 3.05) is 21.3 Å². The standard InChI is InChI=1S/C10H11BrO5/c1-14-8-6(11)4-5(10(13)16-3)7(12)9(8)15-2/h4,12H,1-3H3. The van der Waals surface area contributed by atoms with Crippen LogP contribution < -0.4 is 9.47 Å². The Morgan fingerprint density at radius 1 is 1.25 bits per heavy atom. The minimum Gasteiger partial charge on any atom is -0.504 e. The molecule has 0 saturated carbocycles. The Hall–Kier alpha value is -1.43. The summed E-state index contributed by atoms with van der Waals surface area (Å²) in [6, 6.07) is 1.41. The molecule has 1 rings (SSSR count). The van der Waals surface area contributed by atoms with Gasteiger partial charge in [-0.1, -0.05) is 0 Å². The molecule has 0 radical (unpaired) electrons. The zero-order valence-corrected chi connectivity index (χ0v) is 10.6. The molecule has 0 saturated heterocycles. The summed E-state index contributed by atoms with van der Waals surface area (Å²) in [6.07, 6.45) is 0. The molecule has 0 atom stereocenters. The molecular formula is C10H11BrO5. The minimum absolute atomic E-state index is 0.00650. The Kier molecular flexibility index (Phi) is 4.00. The van der Waals surface area contributed by atoms with Gasteiger partial charge >= 0.3 is 5.97 Å². The van der Waals surface area contributed by atoms with Gasteiger partial charge in [0.15, 0.2) is 11.5 Å². The van der Waals surface area contributed by atoms with Crippen molar-refractivity contribution in [2.24, 2.45) is 0 Å². The lowest BCUT2D eigenvalue weighted by Crippen LogP contribution is -2.04. The van der Waals surface area contributed by atoms with Gasteiger partial charge < -0.3 is 19.3 Å². The van der Waals surface area contributed by atoms with Crippen LogP contribution >= 0.6 is 15.9 Å². The highest BCUT2D eigenvalue weighted by atomic mass is 79.9. The average Bonchev–Trinajstić information content (AvgIpc) is 2.29. The summed E-state index contributed by atoms with van der Waals surface area (Å²) in [4.78, 5) is 11.4. The van der Waals surface area contributed by atoms with Crippen molar-refractivity contribution in [3.05, 3.63) is 16.1 Å². The highest BCUT2D eigenvalue weighted by Gasteiger charge is 2.22. The lowest BCUT2D eigenvalue weighted by molar-refractivity contribution is 0.0596. The van der Waals surface area contributed by atoms with Gasteiger partial charge in [0, 0.05) is 0 Å². The van der Waals surface area contributed by atoms with Crippen molar-refractivity contribution in [2.45, 2.75) is 0 Å². The first-order valence-electron chi connectivity index (χ1n) is 4.28. The molecule has 0 aliphatic rings. The molecule has 1 aromatic rings. The van der Waals surface area contributed by atoms with E-state index in [4.69, 9.17) is 9.47 Å². The van der Waals surface area contributed by atoms with Crippen molar-refractivity contribution in [1.82, 2.24) is 0 Å². The highest BCUT2D eigenvalue weighted by Crippen LogP contribution is 2.44. The molecular weight excluding hydrogens is 280 g/mol. The summed E-state index contributed by atoms with van der Waals surface area (Å²) >= 11 is 3.21. The Morgan fingerprint density at radius 2 is 1.81 bits per heavy atom. The molecule has 88 valence electrons. The van der Waals surface area contributed by atoms with Crippen molar-refractivity contribution < 1.29 is 24.1 Å². The number of phenols is 1. The van der Waals surface area contributed by atoms with Gasteiger partial charge in [-0.15, -0.1) is 0 Å². The molecule has 5 nitrogen and oxygen atoms in total. The second-order valence-corrected chi connectivity index (χ2v) is 3.67. The van der Waals surface area contributed by atoms with Crippen molar-refractivity contribution in [3.63, 3.8) is 0 Å². The van der Waals surface area contributed by atoms with Gasteiger partial charge in [-0.2, -0.15) is 0 Å². The zero-order valence-electron chi connectivity index (χ0n) is 9.04. The number of carbonyl (C=O) groups is 1. The lowest BCUT2D eigenvalue weighted by atomic mass is 10.1. The monoisotopic (exact) mass is 290 g/mol. The molecule has 0 amide bonds. The van der Waals surface area contributed by atoms with E-state index in [1.807, 2.05) is 0 Å². The van der Waals surface area contributed by atoms with Crippen LogP contribution in [0.3, 0.4) is 0 Å². The molecule has 0 heterocycles. The van der Waals surface area contributed by atoms with Gasteiger partial charge in [0.2, 0.25) is 5.75 Å². The Balaban J connectivity index is 3.45. The molecule has 0 spiro atoms. The van der Waals surface area contributed by atoms with E-state index in [0.717, 1.165) is 0 Å². The van der Waals surface area contributed by atoms with Crippen LogP contribution in [0.25, 0.3) is 0 Å². The van der Waals surface area contributed by atoms with E-state index in [-0.39, 0.29) is 17.1 Å². The van der Waals surface area contributed by atoms with Crippen LogP contribution in [0.2, 0.25) is 0 Å².